The van der Waals surface area contributed by atoms with E-state index in [1.54, 1.807) is 6.92 Å². The molecule has 1 heterocycles. The lowest BCUT2D eigenvalue weighted by atomic mass is 9.98. The van der Waals surface area contributed by atoms with Crippen LogP contribution in [-0.2, 0) is 10.2 Å². The van der Waals surface area contributed by atoms with Crippen LogP contribution in [0.5, 0.6) is 0 Å². The van der Waals surface area contributed by atoms with Gasteiger partial charge in [0.05, 0.1) is 0 Å². The standard InChI is InChI=1S/C12H24F3N3O2S/c1-3-6-18(10-12(13,14)15)21(19,20)17-7-4-11(5-8-17)9-16-2/h11,16H,3-10H2,1-2H3. The molecule has 0 unspecified atom stereocenters. The summed E-state index contributed by atoms with van der Waals surface area (Å²) in [5.74, 6) is 0.378. The SMILES string of the molecule is CCCN(CC(F)(F)F)S(=O)(=O)N1CCC(CNC)CC1. The molecule has 0 aromatic carbocycles. The van der Waals surface area contributed by atoms with Gasteiger partial charge in [-0.2, -0.15) is 30.2 Å². The van der Waals surface area contributed by atoms with Crippen molar-refractivity contribution in [2.24, 2.45) is 5.92 Å². The summed E-state index contributed by atoms with van der Waals surface area (Å²) in [4.78, 5) is 0. The number of rotatable bonds is 7. The minimum atomic E-state index is -4.52. The van der Waals surface area contributed by atoms with E-state index in [4.69, 9.17) is 0 Å². The highest BCUT2D eigenvalue weighted by atomic mass is 32.2. The van der Waals surface area contributed by atoms with E-state index in [2.05, 4.69) is 5.32 Å². The summed E-state index contributed by atoms with van der Waals surface area (Å²) in [6.07, 6.45) is -2.82. The van der Waals surface area contributed by atoms with Gasteiger partial charge in [-0.1, -0.05) is 6.92 Å². The minimum absolute atomic E-state index is 0.113. The third kappa shape index (κ3) is 5.72. The predicted octanol–water partition coefficient (Wildman–Crippen LogP) is 1.44. The Balaban J connectivity index is 2.73. The van der Waals surface area contributed by atoms with Crippen molar-refractivity contribution in [2.45, 2.75) is 32.4 Å². The minimum Gasteiger partial charge on any atom is -0.319 e. The molecular weight excluding hydrogens is 307 g/mol. The first-order valence-corrected chi connectivity index (χ1v) is 8.57. The lowest BCUT2D eigenvalue weighted by Gasteiger charge is -2.35. The lowest BCUT2D eigenvalue weighted by molar-refractivity contribution is -0.136. The highest BCUT2D eigenvalue weighted by Gasteiger charge is 2.39. The number of alkyl halides is 3. The van der Waals surface area contributed by atoms with Crippen molar-refractivity contribution in [3.05, 3.63) is 0 Å². The average molecular weight is 331 g/mol. The first kappa shape index (κ1) is 18.7. The van der Waals surface area contributed by atoms with Crippen LogP contribution in [0.15, 0.2) is 0 Å². The molecule has 1 fully saturated rings. The molecule has 1 rings (SSSR count). The predicted molar refractivity (Wildman–Crippen MR) is 75.1 cm³/mol. The largest absolute Gasteiger partial charge is 0.402 e. The Kier molecular flexibility index (Phi) is 6.89. The molecular formula is C12H24F3N3O2S. The maximum absolute atomic E-state index is 12.6. The van der Waals surface area contributed by atoms with Crippen LogP contribution in [0.1, 0.15) is 26.2 Å². The van der Waals surface area contributed by atoms with Crippen molar-refractivity contribution in [3.8, 4) is 0 Å². The second-order valence-corrected chi connectivity index (χ2v) is 7.29. The van der Waals surface area contributed by atoms with Crippen LogP contribution in [0.3, 0.4) is 0 Å². The van der Waals surface area contributed by atoms with Crippen molar-refractivity contribution < 1.29 is 21.6 Å². The van der Waals surface area contributed by atoms with E-state index in [1.807, 2.05) is 7.05 Å². The molecule has 126 valence electrons. The zero-order chi connectivity index (χ0) is 16.1. The van der Waals surface area contributed by atoms with Crippen LogP contribution >= 0.6 is 0 Å². The van der Waals surface area contributed by atoms with Gasteiger partial charge < -0.3 is 5.32 Å². The smallest absolute Gasteiger partial charge is 0.319 e. The van der Waals surface area contributed by atoms with E-state index in [0.29, 0.717) is 29.5 Å². The Morgan fingerprint density at radius 1 is 1.29 bits per heavy atom. The Hall–Kier alpha value is -0.380. The van der Waals surface area contributed by atoms with Gasteiger partial charge in [-0.05, 0) is 38.8 Å². The number of hydrogen-bond donors (Lipinski definition) is 1. The molecule has 0 radical (unpaired) electrons. The number of nitrogens with one attached hydrogen (secondary N) is 1. The van der Waals surface area contributed by atoms with Crippen molar-refractivity contribution in [3.63, 3.8) is 0 Å². The molecule has 0 spiro atoms. The van der Waals surface area contributed by atoms with Gasteiger partial charge in [-0.25, -0.2) is 0 Å². The fraction of sp³-hybridized carbons (Fsp3) is 1.00. The highest BCUT2D eigenvalue weighted by Crippen LogP contribution is 2.24. The van der Waals surface area contributed by atoms with Crippen molar-refractivity contribution >= 4 is 10.2 Å². The molecule has 21 heavy (non-hydrogen) atoms. The van der Waals surface area contributed by atoms with E-state index in [0.717, 1.165) is 6.54 Å². The number of hydrogen-bond acceptors (Lipinski definition) is 3. The van der Waals surface area contributed by atoms with Gasteiger partial charge in [0.15, 0.2) is 0 Å². The van der Waals surface area contributed by atoms with Crippen molar-refractivity contribution in [2.75, 3.05) is 39.8 Å². The topological polar surface area (TPSA) is 52.7 Å². The molecule has 0 amide bonds. The first-order chi connectivity index (χ1) is 9.70. The fourth-order valence-corrected chi connectivity index (χ4v) is 4.24. The van der Waals surface area contributed by atoms with Crippen LogP contribution in [0, 0.1) is 5.92 Å². The van der Waals surface area contributed by atoms with Gasteiger partial charge in [-0.15, -0.1) is 0 Å². The van der Waals surface area contributed by atoms with Crippen LogP contribution in [0.25, 0.3) is 0 Å². The van der Waals surface area contributed by atoms with Crippen LogP contribution in [0.2, 0.25) is 0 Å². The molecule has 1 aliphatic rings. The average Bonchev–Trinajstić information content (AvgIpc) is 2.38. The molecule has 0 aromatic rings. The fourth-order valence-electron chi connectivity index (χ4n) is 2.52. The molecule has 0 saturated carbocycles. The highest BCUT2D eigenvalue weighted by molar-refractivity contribution is 7.86. The molecule has 1 aliphatic heterocycles. The Bertz CT molecular complexity index is 406. The quantitative estimate of drug-likeness (QED) is 0.768. The van der Waals surface area contributed by atoms with Gasteiger partial charge in [0.25, 0.3) is 10.2 Å². The molecule has 0 aliphatic carbocycles. The molecule has 5 nitrogen and oxygen atoms in total. The molecule has 9 heteroatoms. The third-order valence-corrected chi connectivity index (χ3v) is 5.53. The van der Waals surface area contributed by atoms with Gasteiger partial charge >= 0.3 is 6.18 Å². The second-order valence-electron chi connectivity index (χ2n) is 5.36. The number of halogens is 3. The van der Waals surface area contributed by atoms with E-state index in [9.17, 15) is 21.6 Å². The molecule has 0 bridgehead atoms. The summed E-state index contributed by atoms with van der Waals surface area (Å²) >= 11 is 0. The Morgan fingerprint density at radius 3 is 2.29 bits per heavy atom. The third-order valence-electron chi connectivity index (χ3n) is 3.55. The summed E-state index contributed by atoms with van der Waals surface area (Å²) in [6.45, 7) is 1.50. The first-order valence-electron chi connectivity index (χ1n) is 7.17. The van der Waals surface area contributed by atoms with Crippen molar-refractivity contribution in [1.82, 2.24) is 13.9 Å². The van der Waals surface area contributed by atoms with Crippen LogP contribution < -0.4 is 5.32 Å². The molecule has 0 aromatic heterocycles. The Labute approximate surface area is 124 Å². The normalized spacial score (nSPS) is 19.3. The maximum Gasteiger partial charge on any atom is 0.402 e. The van der Waals surface area contributed by atoms with E-state index in [1.165, 1.54) is 4.31 Å². The summed E-state index contributed by atoms with van der Waals surface area (Å²) in [6, 6.07) is 0. The zero-order valence-electron chi connectivity index (χ0n) is 12.5. The summed E-state index contributed by atoms with van der Waals surface area (Å²) < 4.78 is 64.1. The van der Waals surface area contributed by atoms with Crippen molar-refractivity contribution in [1.29, 1.82) is 0 Å². The van der Waals surface area contributed by atoms with Gasteiger partial charge in [0.1, 0.15) is 6.54 Å². The van der Waals surface area contributed by atoms with E-state index >= 15 is 0 Å². The van der Waals surface area contributed by atoms with E-state index < -0.39 is 22.9 Å². The van der Waals surface area contributed by atoms with Gasteiger partial charge in [-0.3, -0.25) is 0 Å². The van der Waals surface area contributed by atoms with Gasteiger partial charge in [0, 0.05) is 19.6 Å². The van der Waals surface area contributed by atoms with Gasteiger partial charge in [0.2, 0.25) is 0 Å². The molecule has 1 saturated heterocycles. The van der Waals surface area contributed by atoms with Crippen LogP contribution in [-0.4, -0.2) is 63.0 Å². The number of nitrogens with zero attached hydrogens (tertiary/aromatic N) is 2. The molecule has 0 atom stereocenters. The Morgan fingerprint density at radius 2 is 1.86 bits per heavy atom. The summed E-state index contributed by atoms with van der Waals surface area (Å²) in [5, 5.41) is 3.04. The lowest BCUT2D eigenvalue weighted by Crippen LogP contribution is -2.50. The van der Waals surface area contributed by atoms with E-state index in [-0.39, 0.29) is 19.6 Å². The zero-order valence-corrected chi connectivity index (χ0v) is 13.3. The summed E-state index contributed by atoms with van der Waals surface area (Å²) in [5.41, 5.74) is 0. The monoisotopic (exact) mass is 331 g/mol. The molecule has 1 N–H and O–H groups in total. The number of piperidine rings is 1. The van der Waals surface area contributed by atoms with Crippen LogP contribution in [0.4, 0.5) is 13.2 Å². The maximum atomic E-state index is 12.6. The second kappa shape index (κ2) is 7.75. The summed E-state index contributed by atoms with van der Waals surface area (Å²) in [7, 11) is -2.20.